The first-order valence-electron chi connectivity index (χ1n) is 8.71. The minimum absolute atomic E-state index is 0.0453. The molecule has 6 heteroatoms. The molecule has 0 fully saturated rings. The van der Waals surface area contributed by atoms with E-state index in [-0.39, 0.29) is 5.41 Å². The second-order valence-electron chi connectivity index (χ2n) is 7.08. The van der Waals surface area contributed by atoms with Crippen LogP contribution in [0.25, 0.3) is 0 Å². The van der Waals surface area contributed by atoms with Crippen LogP contribution < -0.4 is 4.74 Å². The van der Waals surface area contributed by atoms with E-state index in [1.54, 1.807) is 17.8 Å². The molecule has 26 heavy (non-hydrogen) atoms. The molecule has 2 aromatic carbocycles. The average Bonchev–Trinajstić information content (AvgIpc) is 2.62. The lowest BCUT2D eigenvalue weighted by Gasteiger charge is -2.20. The summed E-state index contributed by atoms with van der Waals surface area (Å²) >= 11 is 1.59. The highest BCUT2D eigenvalue weighted by Gasteiger charge is 2.19. The van der Waals surface area contributed by atoms with Crippen LogP contribution in [0.5, 0.6) is 5.75 Å². The molecule has 1 aliphatic heterocycles. The molecule has 0 N–H and O–H groups in total. The van der Waals surface area contributed by atoms with Crippen molar-refractivity contribution in [2.45, 2.75) is 31.1 Å². The second kappa shape index (κ2) is 8.10. The molecule has 0 bridgehead atoms. The average molecular weight is 372 g/mol. The van der Waals surface area contributed by atoms with Crippen LogP contribution in [0, 0.1) is 5.21 Å². The van der Waals surface area contributed by atoms with Gasteiger partial charge in [-0.05, 0) is 34.0 Å². The van der Waals surface area contributed by atoms with Gasteiger partial charge in [0.1, 0.15) is 6.61 Å². The Bertz CT molecular complexity index is 800. The van der Waals surface area contributed by atoms with Crippen LogP contribution in [0.3, 0.4) is 0 Å². The van der Waals surface area contributed by atoms with Crippen molar-refractivity contribution in [2.24, 2.45) is 5.11 Å². The molecule has 0 radical (unpaired) electrons. The zero-order chi connectivity index (χ0) is 18.6. The number of benzene rings is 2. The number of thioether (sulfide) groups is 1. The largest absolute Gasteiger partial charge is 0.594 e. The van der Waals surface area contributed by atoms with Crippen molar-refractivity contribution < 1.29 is 14.3 Å². The lowest BCUT2D eigenvalue weighted by Crippen LogP contribution is -2.11. The van der Waals surface area contributed by atoms with Gasteiger partial charge in [0, 0.05) is 16.9 Å². The number of ether oxygens (including phenoxy) is 2. The third-order valence-corrected chi connectivity index (χ3v) is 5.09. The quantitative estimate of drug-likeness (QED) is 0.458. The second-order valence-corrected chi connectivity index (χ2v) is 8.22. The summed E-state index contributed by atoms with van der Waals surface area (Å²) in [5, 5.41) is 17.1. The van der Waals surface area contributed by atoms with E-state index in [2.05, 4.69) is 25.9 Å². The Balaban J connectivity index is 2.08. The molecule has 0 aromatic heterocycles. The number of azo groups is 1. The van der Waals surface area contributed by atoms with Gasteiger partial charge in [-0.15, -0.1) is 11.8 Å². The van der Waals surface area contributed by atoms with E-state index in [9.17, 15) is 5.21 Å². The highest BCUT2D eigenvalue weighted by Crippen LogP contribution is 2.36. The molecule has 0 atom stereocenters. The van der Waals surface area contributed by atoms with E-state index in [0.29, 0.717) is 41.8 Å². The molecule has 0 saturated heterocycles. The third-order valence-electron chi connectivity index (χ3n) is 4.07. The molecule has 3 rings (SSSR count). The normalized spacial score (nSPS) is 16.0. The molecular formula is C20H24N2O3S. The van der Waals surface area contributed by atoms with Gasteiger partial charge in [0.15, 0.2) is 11.4 Å². The number of nitrogens with zero attached hydrogens (tertiary/aromatic N) is 2. The monoisotopic (exact) mass is 372 g/mol. The van der Waals surface area contributed by atoms with E-state index < -0.39 is 0 Å². The molecule has 0 amide bonds. The first-order chi connectivity index (χ1) is 12.4. The van der Waals surface area contributed by atoms with Gasteiger partial charge >= 0.3 is 0 Å². The van der Waals surface area contributed by atoms with Crippen molar-refractivity contribution in [1.29, 1.82) is 0 Å². The third kappa shape index (κ3) is 4.56. The Labute approximate surface area is 158 Å². The van der Waals surface area contributed by atoms with E-state index >= 15 is 0 Å². The molecule has 0 aliphatic carbocycles. The van der Waals surface area contributed by atoms with E-state index in [1.807, 2.05) is 36.4 Å². The molecule has 138 valence electrons. The minimum Gasteiger partial charge on any atom is -0.594 e. The van der Waals surface area contributed by atoms with Crippen LogP contribution in [-0.2, 0) is 10.2 Å². The Morgan fingerprint density at radius 1 is 1.08 bits per heavy atom. The SMILES string of the molecule is CC(C)(C)c1ccc2c(c1)N=[N+]([O-])c1ccccc1SCCOCCO2. The Hall–Kier alpha value is -2.05. The van der Waals surface area contributed by atoms with Crippen molar-refractivity contribution in [3.05, 3.63) is 53.2 Å². The first kappa shape index (κ1) is 18.7. The van der Waals surface area contributed by atoms with Gasteiger partial charge in [0.25, 0.3) is 5.69 Å². The fraction of sp³-hybridized carbons (Fsp3) is 0.400. The zero-order valence-electron chi connectivity index (χ0n) is 15.4. The summed E-state index contributed by atoms with van der Waals surface area (Å²) < 4.78 is 11.4. The van der Waals surface area contributed by atoms with E-state index in [0.717, 1.165) is 16.2 Å². The van der Waals surface area contributed by atoms with E-state index in [4.69, 9.17) is 9.47 Å². The van der Waals surface area contributed by atoms with Gasteiger partial charge in [-0.1, -0.05) is 39.0 Å². The number of rotatable bonds is 0. The minimum atomic E-state index is -0.0453. The molecular weight excluding hydrogens is 348 g/mol. The predicted octanol–water partition coefficient (Wildman–Crippen LogP) is 5.41. The molecule has 5 nitrogen and oxygen atoms in total. The summed E-state index contributed by atoms with van der Waals surface area (Å²) in [5.74, 6) is 1.36. The van der Waals surface area contributed by atoms with Crippen molar-refractivity contribution >= 4 is 23.1 Å². The topological polar surface area (TPSA) is 56.9 Å². The maximum absolute atomic E-state index is 12.8. The van der Waals surface area contributed by atoms with Crippen LogP contribution in [0.1, 0.15) is 26.3 Å². The number of hydrogen-bond donors (Lipinski definition) is 0. The molecule has 0 unspecified atom stereocenters. The van der Waals surface area contributed by atoms with Gasteiger partial charge in [0.2, 0.25) is 0 Å². The summed E-state index contributed by atoms with van der Waals surface area (Å²) in [6.45, 7) is 7.92. The molecule has 1 heterocycles. The van der Waals surface area contributed by atoms with Gasteiger partial charge in [-0.25, -0.2) is 0 Å². The van der Waals surface area contributed by atoms with Gasteiger partial charge < -0.3 is 14.7 Å². The zero-order valence-corrected chi connectivity index (χ0v) is 16.2. The van der Waals surface area contributed by atoms with E-state index in [1.165, 1.54) is 0 Å². The fourth-order valence-electron chi connectivity index (χ4n) is 2.60. The summed E-state index contributed by atoms with van der Waals surface area (Å²) in [4.78, 5) is 1.58. The Morgan fingerprint density at radius 2 is 1.88 bits per heavy atom. The molecule has 2 aromatic rings. The summed E-state index contributed by atoms with van der Waals surface area (Å²) in [6, 6.07) is 13.3. The van der Waals surface area contributed by atoms with Gasteiger partial charge in [-0.3, -0.25) is 0 Å². The smallest absolute Gasteiger partial charge is 0.258 e. The summed E-state index contributed by atoms with van der Waals surface area (Å²) in [6.07, 6.45) is 0. The summed E-state index contributed by atoms with van der Waals surface area (Å²) in [5.41, 5.74) is 2.12. The number of fused-ring (bicyclic) bond motifs is 2. The first-order valence-corrected chi connectivity index (χ1v) is 9.69. The highest BCUT2D eigenvalue weighted by atomic mass is 32.2. The molecule has 0 saturated carbocycles. The lowest BCUT2D eigenvalue weighted by atomic mass is 9.87. The highest BCUT2D eigenvalue weighted by molar-refractivity contribution is 7.99. The predicted molar refractivity (Wildman–Crippen MR) is 104 cm³/mol. The maximum Gasteiger partial charge on any atom is 0.258 e. The molecule has 0 spiro atoms. The van der Waals surface area contributed by atoms with Crippen molar-refractivity contribution in [2.75, 3.05) is 25.6 Å². The van der Waals surface area contributed by atoms with Crippen LogP contribution in [-0.4, -0.2) is 30.4 Å². The number of para-hydroxylation sites is 1. The van der Waals surface area contributed by atoms with Gasteiger partial charge in [0.05, 0.1) is 18.1 Å². The fourth-order valence-corrected chi connectivity index (χ4v) is 3.49. The van der Waals surface area contributed by atoms with Crippen molar-refractivity contribution in [3.63, 3.8) is 0 Å². The molecule has 1 aliphatic rings. The Kier molecular flexibility index (Phi) is 5.84. The number of hydrogen-bond acceptors (Lipinski definition) is 5. The van der Waals surface area contributed by atoms with Crippen molar-refractivity contribution in [3.8, 4) is 5.75 Å². The van der Waals surface area contributed by atoms with Crippen molar-refractivity contribution in [1.82, 2.24) is 0 Å². The van der Waals surface area contributed by atoms with Crippen LogP contribution in [0.15, 0.2) is 52.5 Å². The van der Waals surface area contributed by atoms with Crippen LogP contribution in [0.2, 0.25) is 0 Å². The standard InChI is InChI=1S/C20H24N2O3S/c1-20(2,3)15-8-9-18-16(14-15)21-22(23)17-6-4-5-7-19(17)26-13-12-24-10-11-25-18/h4-9,14H,10-13H2,1-3H3. The maximum atomic E-state index is 12.8. The Morgan fingerprint density at radius 3 is 2.69 bits per heavy atom. The van der Waals surface area contributed by atoms with Crippen LogP contribution >= 0.6 is 11.8 Å². The summed E-state index contributed by atoms with van der Waals surface area (Å²) in [7, 11) is 0. The lowest BCUT2D eigenvalue weighted by molar-refractivity contribution is -0.438. The van der Waals surface area contributed by atoms with Crippen LogP contribution in [0.4, 0.5) is 11.4 Å². The van der Waals surface area contributed by atoms with Gasteiger partial charge in [-0.2, -0.15) is 0 Å².